The molecule has 1 fully saturated rings. The van der Waals surface area contributed by atoms with Crippen LogP contribution in [-0.2, 0) is 4.79 Å². The maximum absolute atomic E-state index is 12.6. The molecule has 1 aliphatic rings. The van der Waals surface area contributed by atoms with Crippen molar-refractivity contribution in [3.63, 3.8) is 0 Å². The molecule has 0 radical (unpaired) electrons. The Kier molecular flexibility index (Phi) is 4.76. The van der Waals surface area contributed by atoms with Gasteiger partial charge in [0.15, 0.2) is 0 Å². The normalized spacial score (nSPS) is 16.9. The average molecular weight is 312 g/mol. The minimum atomic E-state index is -0.0248. The number of nitrogens with two attached hydrogens (primary N) is 1. The van der Waals surface area contributed by atoms with Crippen molar-refractivity contribution in [2.45, 2.75) is 38.5 Å². The Bertz CT molecular complexity index is 645. The number of aromatic nitrogens is 2. The van der Waals surface area contributed by atoms with Gasteiger partial charge in [-0.2, -0.15) is 5.10 Å². The number of carbonyl (C=O) groups is 1. The number of carbonyl (C=O) groups excluding carboxylic acids is 1. The summed E-state index contributed by atoms with van der Waals surface area (Å²) in [4.78, 5) is 12.6. The topological polar surface area (TPSA) is 72.9 Å². The van der Waals surface area contributed by atoms with Gasteiger partial charge < -0.3 is 11.1 Å². The second-order valence-corrected chi connectivity index (χ2v) is 6.46. The van der Waals surface area contributed by atoms with Crippen molar-refractivity contribution >= 4 is 11.6 Å². The van der Waals surface area contributed by atoms with Gasteiger partial charge in [-0.1, -0.05) is 31.4 Å². The number of nitrogens with zero attached hydrogens (tertiary/aromatic N) is 2. The maximum Gasteiger partial charge on any atom is 0.225 e. The molecule has 1 aliphatic carbocycles. The summed E-state index contributed by atoms with van der Waals surface area (Å²) < 4.78 is 1.76. The summed E-state index contributed by atoms with van der Waals surface area (Å²) in [6.07, 6.45) is 9.80. The first-order valence-corrected chi connectivity index (χ1v) is 8.31. The molecule has 1 saturated carbocycles. The van der Waals surface area contributed by atoms with E-state index in [2.05, 4.69) is 10.4 Å². The lowest BCUT2D eigenvalue weighted by Gasteiger charge is -2.35. The highest BCUT2D eigenvalue weighted by atomic mass is 16.1. The summed E-state index contributed by atoms with van der Waals surface area (Å²) in [7, 11) is 0. The molecule has 0 bridgehead atoms. The van der Waals surface area contributed by atoms with Crippen LogP contribution in [0.3, 0.4) is 0 Å². The number of benzene rings is 1. The van der Waals surface area contributed by atoms with Crippen LogP contribution in [-0.4, -0.2) is 22.2 Å². The minimum absolute atomic E-state index is 0.0248. The van der Waals surface area contributed by atoms with Crippen molar-refractivity contribution in [2.75, 3.05) is 11.9 Å². The zero-order valence-corrected chi connectivity index (χ0v) is 13.4. The third kappa shape index (κ3) is 3.62. The van der Waals surface area contributed by atoms with E-state index in [1.54, 1.807) is 10.9 Å². The molecule has 5 nitrogen and oxygen atoms in total. The van der Waals surface area contributed by atoms with E-state index >= 15 is 0 Å². The van der Waals surface area contributed by atoms with Crippen LogP contribution >= 0.6 is 0 Å². The molecule has 0 unspecified atom stereocenters. The highest BCUT2D eigenvalue weighted by Gasteiger charge is 2.33. The van der Waals surface area contributed by atoms with Crippen molar-refractivity contribution in [3.05, 3.63) is 42.7 Å². The molecule has 1 aromatic carbocycles. The van der Waals surface area contributed by atoms with Crippen molar-refractivity contribution < 1.29 is 4.79 Å². The van der Waals surface area contributed by atoms with E-state index in [-0.39, 0.29) is 11.3 Å². The Balaban J connectivity index is 1.73. The minimum Gasteiger partial charge on any atom is -0.330 e. The molecule has 5 heteroatoms. The zero-order chi connectivity index (χ0) is 16.1. The summed E-state index contributed by atoms with van der Waals surface area (Å²) in [5.41, 5.74) is 7.62. The molecule has 3 N–H and O–H groups in total. The first kappa shape index (κ1) is 15.7. The quantitative estimate of drug-likeness (QED) is 0.891. The third-order valence-corrected chi connectivity index (χ3v) is 4.81. The number of rotatable bonds is 5. The zero-order valence-electron chi connectivity index (χ0n) is 13.4. The third-order valence-electron chi connectivity index (χ3n) is 4.81. The lowest BCUT2D eigenvalue weighted by Crippen LogP contribution is -2.36. The molecule has 0 spiro atoms. The Labute approximate surface area is 136 Å². The molecular formula is C18H24N4O. The molecule has 3 rings (SSSR count). The van der Waals surface area contributed by atoms with E-state index in [0.29, 0.717) is 13.0 Å². The van der Waals surface area contributed by atoms with Gasteiger partial charge in [0.05, 0.1) is 11.4 Å². The van der Waals surface area contributed by atoms with Gasteiger partial charge >= 0.3 is 0 Å². The van der Waals surface area contributed by atoms with Crippen molar-refractivity contribution in [3.8, 4) is 5.69 Å². The number of amides is 1. The van der Waals surface area contributed by atoms with Gasteiger partial charge in [0, 0.05) is 18.8 Å². The smallest absolute Gasteiger partial charge is 0.225 e. The fourth-order valence-corrected chi connectivity index (χ4v) is 3.48. The van der Waals surface area contributed by atoms with E-state index in [4.69, 9.17) is 5.73 Å². The SMILES string of the molecule is NCC1(CC(=O)Nc2ccccc2-n2cccn2)CCCCC1. The lowest BCUT2D eigenvalue weighted by atomic mass is 9.71. The van der Waals surface area contributed by atoms with E-state index < -0.39 is 0 Å². The van der Waals surface area contributed by atoms with E-state index in [9.17, 15) is 4.79 Å². The first-order chi connectivity index (χ1) is 11.2. The highest BCUT2D eigenvalue weighted by Crippen LogP contribution is 2.38. The van der Waals surface area contributed by atoms with Gasteiger partial charge in [-0.3, -0.25) is 4.79 Å². The Morgan fingerprint density at radius 3 is 2.70 bits per heavy atom. The largest absolute Gasteiger partial charge is 0.330 e. The molecule has 0 atom stereocenters. The van der Waals surface area contributed by atoms with Crippen LogP contribution in [0.4, 0.5) is 5.69 Å². The van der Waals surface area contributed by atoms with Gasteiger partial charge in [-0.05, 0) is 43.0 Å². The van der Waals surface area contributed by atoms with E-state index in [0.717, 1.165) is 24.2 Å². The van der Waals surface area contributed by atoms with Crippen LogP contribution in [0.1, 0.15) is 38.5 Å². The van der Waals surface area contributed by atoms with Gasteiger partial charge in [0.1, 0.15) is 0 Å². The number of hydrogen-bond donors (Lipinski definition) is 2. The fourth-order valence-electron chi connectivity index (χ4n) is 3.48. The van der Waals surface area contributed by atoms with Gasteiger partial charge in [-0.15, -0.1) is 0 Å². The summed E-state index contributed by atoms with van der Waals surface area (Å²) in [5, 5.41) is 7.30. The van der Waals surface area contributed by atoms with E-state index in [1.165, 1.54) is 19.3 Å². The van der Waals surface area contributed by atoms with Gasteiger partial charge in [0.25, 0.3) is 0 Å². The van der Waals surface area contributed by atoms with Crippen molar-refractivity contribution in [1.29, 1.82) is 0 Å². The number of hydrogen-bond acceptors (Lipinski definition) is 3. The summed E-state index contributed by atoms with van der Waals surface area (Å²) >= 11 is 0. The van der Waals surface area contributed by atoms with Crippen LogP contribution in [0.2, 0.25) is 0 Å². The first-order valence-electron chi connectivity index (χ1n) is 8.31. The summed E-state index contributed by atoms with van der Waals surface area (Å²) in [6, 6.07) is 9.58. The molecule has 122 valence electrons. The molecule has 1 aromatic heterocycles. The van der Waals surface area contributed by atoms with Crippen LogP contribution in [0.15, 0.2) is 42.7 Å². The number of para-hydroxylation sites is 2. The second kappa shape index (κ2) is 6.96. The molecule has 1 heterocycles. The summed E-state index contributed by atoms with van der Waals surface area (Å²) in [5.74, 6) is 0.0388. The predicted molar refractivity (Wildman–Crippen MR) is 91.4 cm³/mol. The van der Waals surface area contributed by atoms with Gasteiger partial charge in [-0.25, -0.2) is 4.68 Å². The Morgan fingerprint density at radius 2 is 2.00 bits per heavy atom. The number of nitrogens with one attached hydrogen (secondary N) is 1. The summed E-state index contributed by atoms with van der Waals surface area (Å²) in [6.45, 7) is 0.585. The van der Waals surface area contributed by atoms with Crippen LogP contribution < -0.4 is 11.1 Å². The highest BCUT2D eigenvalue weighted by molar-refractivity contribution is 5.93. The van der Waals surface area contributed by atoms with E-state index in [1.807, 2.05) is 36.5 Å². The molecule has 0 aliphatic heterocycles. The fraction of sp³-hybridized carbons (Fsp3) is 0.444. The van der Waals surface area contributed by atoms with Gasteiger partial charge in [0.2, 0.25) is 5.91 Å². The van der Waals surface area contributed by atoms with Crippen molar-refractivity contribution in [1.82, 2.24) is 9.78 Å². The maximum atomic E-state index is 12.6. The Hall–Kier alpha value is -2.14. The second-order valence-electron chi connectivity index (χ2n) is 6.46. The molecular weight excluding hydrogens is 288 g/mol. The van der Waals surface area contributed by atoms with Crippen LogP contribution in [0.25, 0.3) is 5.69 Å². The monoisotopic (exact) mass is 312 g/mol. The Morgan fingerprint density at radius 1 is 1.22 bits per heavy atom. The lowest BCUT2D eigenvalue weighted by molar-refractivity contribution is -0.118. The van der Waals surface area contributed by atoms with Crippen LogP contribution in [0.5, 0.6) is 0 Å². The van der Waals surface area contributed by atoms with Crippen molar-refractivity contribution in [2.24, 2.45) is 11.1 Å². The molecule has 0 saturated heterocycles. The molecule has 2 aromatic rings. The predicted octanol–water partition coefficient (Wildman–Crippen LogP) is 3.11. The standard InChI is InChI=1S/C18H24N4O/c19-14-18(9-4-1-5-10-18)13-17(23)21-15-7-2-3-8-16(15)22-12-6-11-20-22/h2-3,6-8,11-12H,1,4-5,9-10,13-14,19H2,(H,21,23). The molecule has 1 amide bonds. The van der Waals surface area contributed by atoms with Crippen LogP contribution in [0, 0.1) is 5.41 Å². The average Bonchev–Trinajstić information content (AvgIpc) is 3.10. The molecule has 23 heavy (non-hydrogen) atoms. The number of anilines is 1.